The fourth-order valence-electron chi connectivity index (χ4n) is 1.31. The molecular weight excluding hydrogens is 176 g/mol. The van der Waals surface area contributed by atoms with Crippen LogP contribution in [-0.4, -0.2) is 11.5 Å². The van der Waals surface area contributed by atoms with Gasteiger partial charge in [-0.1, -0.05) is 34.6 Å². The fraction of sp³-hybridized carbons (Fsp3) is 1.00. The first-order chi connectivity index (χ1) is 5.94. The van der Waals surface area contributed by atoms with Crippen LogP contribution in [0.1, 0.15) is 53.9 Å². The van der Waals surface area contributed by atoms with Crippen LogP contribution in [0.5, 0.6) is 0 Å². The molecule has 1 unspecified atom stereocenters. The summed E-state index contributed by atoms with van der Waals surface area (Å²) in [5, 5.41) is 0.873. The summed E-state index contributed by atoms with van der Waals surface area (Å²) in [5.41, 5.74) is 0.517. The molecule has 0 radical (unpaired) electrons. The van der Waals surface area contributed by atoms with Gasteiger partial charge >= 0.3 is 0 Å². The first-order valence-electron chi connectivity index (χ1n) is 5.46. The van der Waals surface area contributed by atoms with E-state index in [1.54, 1.807) is 0 Å². The lowest BCUT2D eigenvalue weighted by molar-refractivity contribution is 0.222. The van der Waals surface area contributed by atoms with Gasteiger partial charge in [0.15, 0.2) is 0 Å². The van der Waals surface area contributed by atoms with Crippen molar-refractivity contribution in [2.24, 2.45) is 11.3 Å². The van der Waals surface area contributed by atoms with Crippen LogP contribution in [0, 0.1) is 11.3 Å². The van der Waals surface area contributed by atoms with Crippen molar-refractivity contribution in [2.45, 2.75) is 59.1 Å². The van der Waals surface area contributed by atoms with E-state index in [2.05, 4.69) is 40.9 Å². The third-order valence-electron chi connectivity index (χ3n) is 3.46. The lowest BCUT2D eigenvalue weighted by atomic mass is 9.77. The zero-order valence-corrected chi connectivity index (χ0v) is 11.0. The van der Waals surface area contributed by atoms with Crippen molar-refractivity contribution < 1.29 is 0 Å². The second-order valence-electron chi connectivity index (χ2n) is 4.95. The third kappa shape index (κ3) is 4.95. The highest BCUT2D eigenvalue weighted by Gasteiger charge is 2.22. The van der Waals surface area contributed by atoms with E-state index in [1.807, 2.05) is 11.8 Å². The van der Waals surface area contributed by atoms with Gasteiger partial charge in [-0.15, -0.1) is 0 Å². The molecule has 0 nitrogen and oxygen atoms in total. The van der Waals surface area contributed by atoms with Gasteiger partial charge in [-0.25, -0.2) is 0 Å². The van der Waals surface area contributed by atoms with Crippen molar-refractivity contribution in [1.82, 2.24) is 0 Å². The maximum atomic E-state index is 2.39. The van der Waals surface area contributed by atoms with Crippen molar-refractivity contribution in [3.05, 3.63) is 0 Å². The minimum Gasteiger partial charge on any atom is -0.162 e. The zero-order chi connectivity index (χ0) is 10.5. The Morgan fingerprint density at radius 3 is 2.08 bits per heavy atom. The molecule has 0 aliphatic rings. The Morgan fingerprint density at radius 2 is 1.77 bits per heavy atom. The van der Waals surface area contributed by atoms with Gasteiger partial charge in [-0.2, -0.15) is 11.8 Å². The van der Waals surface area contributed by atoms with Gasteiger partial charge in [0.2, 0.25) is 0 Å². The molecule has 0 aromatic carbocycles. The van der Waals surface area contributed by atoms with Crippen LogP contribution in [0.4, 0.5) is 0 Å². The monoisotopic (exact) mass is 202 g/mol. The van der Waals surface area contributed by atoms with Crippen molar-refractivity contribution in [2.75, 3.05) is 6.26 Å². The van der Waals surface area contributed by atoms with Gasteiger partial charge < -0.3 is 0 Å². The molecule has 0 amide bonds. The highest BCUT2D eigenvalue weighted by Crippen LogP contribution is 2.33. The van der Waals surface area contributed by atoms with Gasteiger partial charge in [0.05, 0.1) is 0 Å². The van der Waals surface area contributed by atoms with Crippen LogP contribution >= 0.6 is 11.8 Å². The SMILES string of the molecule is CCC(CCC(C)(C)C(C)C)SC. The second kappa shape index (κ2) is 5.95. The van der Waals surface area contributed by atoms with Gasteiger partial charge in [0, 0.05) is 5.25 Å². The van der Waals surface area contributed by atoms with Crippen molar-refractivity contribution in [3.63, 3.8) is 0 Å². The van der Waals surface area contributed by atoms with E-state index in [4.69, 9.17) is 0 Å². The minimum atomic E-state index is 0.517. The van der Waals surface area contributed by atoms with Crippen molar-refractivity contribution >= 4 is 11.8 Å². The Hall–Kier alpha value is 0.350. The summed E-state index contributed by atoms with van der Waals surface area (Å²) in [6, 6.07) is 0. The molecule has 0 spiro atoms. The molecule has 0 fully saturated rings. The molecule has 0 saturated heterocycles. The Morgan fingerprint density at radius 1 is 1.23 bits per heavy atom. The van der Waals surface area contributed by atoms with E-state index in [0.717, 1.165) is 11.2 Å². The molecule has 0 rings (SSSR count). The summed E-state index contributed by atoms with van der Waals surface area (Å²) in [6.07, 6.45) is 6.29. The average molecular weight is 202 g/mol. The molecule has 13 heavy (non-hydrogen) atoms. The maximum Gasteiger partial charge on any atom is 0.00418 e. The van der Waals surface area contributed by atoms with Crippen molar-refractivity contribution in [3.8, 4) is 0 Å². The molecule has 1 heteroatoms. The van der Waals surface area contributed by atoms with E-state index in [0.29, 0.717) is 5.41 Å². The van der Waals surface area contributed by atoms with Crippen LogP contribution in [-0.2, 0) is 0 Å². The second-order valence-corrected chi connectivity index (χ2v) is 6.09. The van der Waals surface area contributed by atoms with Crippen LogP contribution in [0.2, 0.25) is 0 Å². The standard InChI is InChI=1S/C12H26S/c1-7-11(13-6)8-9-12(4,5)10(2)3/h10-11H,7-9H2,1-6H3. The molecule has 0 aromatic heterocycles. The quantitative estimate of drug-likeness (QED) is 0.607. The number of thioether (sulfide) groups is 1. The van der Waals surface area contributed by atoms with E-state index in [1.165, 1.54) is 19.3 Å². The predicted octanol–water partition coefficient (Wildman–Crippen LogP) is 4.59. The summed E-state index contributed by atoms with van der Waals surface area (Å²) in [5.74, 6) is 0.798. The van der Waals surface area contributed by atoms with Crippen molar-refractivity contribution in [1.29, 1.82) is 0 Å². The Labute approximate surface area is 88.9 Å². The first-order valence-corrected chi connectivity index (χ1v) is 6.75. The normalized spacial score (nSPS) is 15.0. The number of rotatable bonds is 6. The molecule has 1 atom stereocenters. The lowest BCUT2D eigenvalue weighted by Crippen LogP contribution is -2.20. The lowest BCUT2D eigenvalue weighted by Gasteiger charge is -2.30. The topological polar surface area (TPSA) is 0 Å². The molecule has 0 aliphatic carbocycles. The summed E-state index contributed by atoms with van der Waals surface area (Å²) in [4.78, 5) is 0. The van der Waals surface area contributed by atoms with Gasteiger partial charge in [0.25, 0.3) is 0 Å². The molecule has 0 aromatic rings. The average Bonchev–Trinajstić information content (AvgIpc) is 2.06. The number of hydrogen-bond donors (Lipinski definition) is 0. The molecule has 0 heterocycles. The number of hydrogen-bond acceptors (Lipinski definition) is 1. The van der Waals surface area contributed by atoms with Gasteiger partial charge in [0.1, 0.15) is 0 Å². The van der Waals surface area contributed by atoms with E-state index in [9.17, 15) is 0 Å². The van der Waals surface area contributed by atoms with Gasteiger partial charge in [-0.3, -0.25) is 0 Å². The largest absolute Gasteiger partial charge is 0.162 e. The highest BCUT2D eigenvalue weighted by molar-refractivity contribution is 7.99. The smallest absolute Gasteiger partial charge is 0.00418 e. The van der Waals surface area contributed by atoms with E-state index in [-0.39, 0.29) is 0 Å². The van der Waals surface area contributed by atoms with E-state index < -0.39 is 0 Å². The zero-order valence-electron chi connectivity index (χ0n) is 10.2. The molecule has 0 saturated carbocycles. The summed E-state index contributed by atoms with van der Waals surface area (Å²) in [6.45, 7) is 11.7. The third-order valence-corrected chi connectivity index (χ3v) is 4.70. The minimum absolute atomic E-state index is 0.517. The summed E-state index contributed by atoms with van der Waals surface area (Å²) in [7, 11) is 0. The van der Waals surface area contributed by atoms with Crippen LogP contribution in [0.25, 0.3) is 0 Å². The molecule has 80 valence electrons. The molecular formula is C12H26S. The van der Waals surface area contributed by atoms with Crippen LogP contribution in [0.15, 0.2) is 0 Å². The Kier molecular flexibility index (Phi) is 6.11. The Balaban J connectivity index is 3.85. The van der Waals surface area contributed by atoms with Gasteiger partial charge in [-0.05, 0) is 36.9 Å². The summed E-state index contributed by atoms with van der Waals surface area (Å²) < 4.78 is 0. The Bertz CT molecular complexity index is 123. The van der Waals surface area contributed by atoms with E-state index >= 15 is 0 Å². The summed E-state index contributed by atoms with van der Waals surface area (Å²) >= 11 is 2.02. The fourth-order valence-corrected chi connectivity index (χ4v) is 2.00. The maximum absolute atomic E-state index is 2.39. The molecule has 0 bridgehead atoms. The molecule has 0 aliphatic heterocycles. The van der Waals surface area contributed by atoms with Crippen LogP contribution < -0.4 is 0 Å². The first kappa shape index (κ1) is 13.4. The van der Waals surface area contributed by atoms with Crippen LogP contribution in [0.3, 0.4) is 0 Å². The highest BCUT2D eigenvalue weighted by atomic mass is 32.2. The molecule has 0 N–H and O–H groups in total. The predicted molar refractivity (Wildman–Crippen MR) is 65.4 cm³/mol.